The molecule has 1 N–H and O–H groups in total. The van der Waals surface area contributed by atoms with E-state index in [0.717, 1.165) is 34.6 Å². The lowest BCUT2D eigenvalue weighted by molar-refractivity contribution is -0.137. The van der Waals surface area contributed by atoms with Gasteiger partial charge in [0.05, 0.1) is 17.0 Å². The number of halogens is 4. The summed E-state index contributed by atoms with van der Waals surface area (Å²) in [5, 5.41) is 11.5. The van der Waals surface area contributed by atoms with Crippen molar-refractivity contribution in [1.29, 1.82) is 0 Å². The van der Waals surface area contributed by atoms with E-state index in [2.05, 4.69) is 31.4 Å². The lowest BCUT2D eigenvalue weighted by Gasteiger charge is -2.14. The first-order valence-corrected chi connectivity index (χ1v) is 12.3. The van der Waals surface area contributed by atoms with Crippen LogP contribution in [0.5, 0.6) is 0 Å². The van der Waals surface area contributed by atoms with Gasteiger partial charge in [-0.1, -0.05) is 70.2 Å². The molecule has 35 heavy (non-hydrogen) atoms. The number of aryl methyl sites for hydroxylation is 1. The second-order valence-corrected chi connectivity index (χ2v) is 9.62. The summed E-state index contributed by atoms with van der Waals surface area (Å²) < 4.78 is 42.3. The maximum atomic E-state index is 13.4. The summed E-state index contributed by atoms with van der Waals surface area (Å²) in [7, 11) is 0. The molecule has 0 aliphatic heterocycles. The number of thioether (sulfide) groups is 1. The molecular weight excluding hydrogens is 541 g/mol. The Kier molecular flexibility index (Phi) is 7.61. The largest absolute Gasteiger partial charge is 0.418 e. The third-order valence-corrected chi connectivity index (χ3v) is 6.48. The normalized spacial score (nSPS) is 11.5. The summed E-state index contributed by atoms with van der Waals surface area (Å²) in [5.74, 6) is -0.0222. The van der Waals surface area contributed by atoms with Gasteiger partial charge in [0.2, 0.25) is 5.91 Å². The van der Waals surface area contributed by atoms with Gasteiger partial charge in [0.1, 0.15) is 5.82 Å². The van der Waals surface area contributed by atoms with Crippen molar-refractivity contribution in [2.24, 2.45) is 0 Å². The summed E-state index contributed by atoms with van der Waals surface area (Å²) in [6.45, 7) is 1.97. The molecule has 0 bridgehead atoms. The van der Waals surface area contributed by atoms with E-state index in [1.165, 1.54) is 12.1 Å². The van der Waals surface area contributed by atoms with Gasteiger partial charge in [-0.15, -0.1) is 10.2 Å². The molecule has 0 aliphatic carbocycles. The highest BCUT2D eigenvalue weighted by Crippen LogP contribution is 2.36. The molecule has 0 saturated carbocycles. The van der Waals surface area contributed by atoms with E-state index >= 15 is 0 Å². The molecule has 1 aromatic heterocycles. The zero-order chi connectivity index (χ0) is 25.0. The zero-order valence-corrected chi connectivity index (χ0v) is 20.9. The fraction of sp³-hybridized carbons (Fsp3) is 0.160. The van der Waals surface area contributed by atoms with Gasteiger partial charge in [-0.3, -0.25) is 9.36 Å². The van der Waals surface area contributed by atoms with Crippen LogP contribution >= 0.6 is 27.7 Å². The van der Waals surface area contributed by atoms with Crippen molar-refractivity contribution in [2.75, 3.05) is 11.1 Å². The molecule has 4 aromatic rings. The highest BCUT2D eigenvalue weighted by atomic mass is 79.9. The molecule has 1 heterocycles. The van der Waals surface area contributed by atoms with Crippen molar-refractivity contribution in [3.63, 3.8) is 0 Å². The molecule has 0 radical (unpaired) electrons. The van der Waals surface area contributed by atoms with E-state index in [9.17, 15) is 18.0 Å². The van der Waals surface area contributed by atoms with E-state index in [4.69, 9.17) is 0 Å². The van der Waals surface area contributed by atoms with Crippen molar-refractivity contribution >= 4 is 39.3 Å². The summed E-state index contributed by atoms with van der Waals surface area (Å²) >= 11 is 4.15. The van der Waals surface area contributed by atoms with Gasteiger partial charge < -0.3 is 5.32 Å². The topological polar surface area (TPSA) is 59.8 Å². The van der Waals surface area contributed by atoms with Crippen molar-refractivity contribution < 1.29 is 18.0 Å². The summed E-state index contributed by atoms with van der Waals surface area (Å²) in [6.07, 6.45) is -4.07. The summed E-state index contributed by atoms with van der Waals surface area (Å²) in [6, 6.07) is 21.2. The second-order valence-electron chi connectivity index (χ2n) is 7.76. The molecule has 0 fully saturated rings. The van der Waals surface area contributed by atoms with Crippen LogP contribution in [0.2, 0.25) is 0 Å². The predicted octanol–water partition coefficient (Wildman–Crippen LogP) is 6.68. The van der Waals surface area contributed by atoms with E-state index in [-0.39, 0.29) is 15.9 Å². The number of hydrogen-bond acceptors (Lipinski definition) is 4. The van der Waals surface area contributed by atoms with Crippen LogP contribution in [-0.4, -0.2) is 26.4 Å². The Balaban J connectivity index is 1.56. The van der Waals surface area contributed by atoms with Crippen LogP contribution in [0.1, 0.15) is 22.5 Å². The van der Waals surface area contributed by atoms with Gasteiger partial charge in [0.25, 0.3) is 0 Å². The minimum Gasteiger partial charge on any atom is -0.325 e. The summed E-state index contributed by atoms with van der Waals surface area (Å²) in [5.41, 5.74) is 1.73. The second kappa shape index (κ2) is 10.7. The number of nitrogens with zero attached hydrogens (tertiary/aromatic N) is 3. The number of hydrogen-bond donors (Lipinski definition) is 1. The average molecular weight is 561 g/mol. The quantitative estimate of drug-likeness (QED) is 0.256. The fourth-order valence-corrected chi connectivity index (χ4v) is 4.62. The van der Waals surface area contributed by atoms with Gasteiger partial charge >= 0.3 is 6.18 Å². The predicted molar refractivity (Wildman–Crippen MR) is 134 cm³/mol. The molecule has 10 heteroatoms. The standard InChI is InChI=1S/C25H20BrF3N4OS/c1-16-6-5-9-19(12-16)33-22(13-17-7-3-2-4-8-17)31-32-24(33)35-15-23(34)30-21-11-10-18(26)14-20(21)25(27,28)29/h2-12,14H,13,15H2,1H3,(H,30,34). The lowest BCUT2D eigenvalue weighted by atomic mass is 10.1. The van der Waals surface area contributed by atoms with Crippen molar-refractivity contribution in [1.82, 2.24) is 14.8 Å². The number of rotatable bonds is 7. The number of carbonyl (C=O) groups is 1. The highest BCUT2D eigenvalue weighted by Gasteiger charge is 2.34. The fourth-order valence-electron chi connectivity index (χ4n) is 3.49. The van der Waals surface area contributed by atoms with E-state index < -0.39 is 17.6 Å². The van der Waals surface area contributed by atoms with Crippen molar-refractivity contribution in [2.45, 2.75) is 24.7 Å². The smallest absolute Gasteiger partial charge is 0.325 e. The zero-order valence-electron chi connectivity index (χ0n) is 18.5. The maximum Gasteiger partial charge on any atom is 0.418 e. The number of anilines is 1. The first-order chi connectivity index (χ1) is 16.7. The minimum absolute atomic E-state index is 0.136. The molecule has 0 unspecified atom stereocenters. The van der Waals surface area contributed by atoms with Gasteiger partial charge in [0.15, 0.2) is 5.16 Å². The van der Waals surface area contributed by atoms with Gasteiger partial charge in [-0.2, -0.15) is 13.2 Å². The molecule has 1 amide bonds. The Bertz CT molecular complexity index is 1340. The van der Waals surface area contributed by atoms with Crippen LogP contribution < -0.4 is 5.32 Å². The van der Waals surface area contributed by atoms with Gasteiger partial charge in [0, 0.05) is 16.6 Å². The molecule has 0 aliphatic rings. The van der Waals surface area contributed by atoms with Crippen molar-refractivity contribution in [3.05, 3.63) is 99.8 Å². The van der Waals surface area contributed by atoms with Crippen LogP contribution in [0.4, 0.5) is 18.9 Å². The third kappa shape index (κ3) is 6.32. The Hall–Kier alpha value is -3.11. The molecule has 3 aromatic carbocycles. The Morgan fingerprint density at radius 3 is 2.51 bits per heavy atom. The van der Waals surface area contributed by atoms with Gasteiger partial charge in [-0.05, 0) is 48.4 Å². The van der Waals surface area contributed by atoms with Crippen LogP contribution in [0.3, 0.4) is 0 Å². The van der Waals surface area contributed by atoms with Crippen LogP contribution in [0.15, 0.2) is 82.4 Å². The SMILES string of the molecule is Cc1cccc(-n2c(Cc3ccccc3)nnc2SCC(=O)Nc2ccc(Br)cc2C(F)(F)F)c1. The Morgan fingerprint density at radius 2 is 1.80 bits per heavy atom. The monoisotopic (exact) mass is 560 g/mol. The molecular formula is C25H20BrF3N4OS. The average Bonchev–Trinajstić information content (AvgIpc) is 3.21. The van der Waals surface area contributed by atoms with E-state index in [0.29, 0.717) is 17.4 Å². The van der Waals surface area contributed by atoms with Gasteiger partial charge in [-0.25, -0.2) is 0 Å². The first-order valence-electron chi connectivity index (χ1n) is 10.6. The molecule has 0 spiro atoms. The van der Waals surface area contributed by atoms with E-state index in [1.807, 2.05) is 66.1 Å². The third-order valence-electron chi connectivity index (χ3n) is 5.06. The molecule has 5 nitrogen and oxygen atoms in total. The Morgan fingerprint density at radius 1 is 1.03 bits per heavy atom. The first kappa shape index (κ1) is 25.0. The number of carbonyl (C=O) groups excluding carboxylic acids is 1. The lowest BCUT2D eigenvalue weighted by Crippen LogP contribution is -2.18. The molecule has 0 saturated heterocycles. The number of alkyl halides is 3. The highest BCUT2D eigenvalue weighted by molar-refractivity contribution is 9.10. The van der Waals surface area contributed by atoms with Crippen molar-refractivity contribution in [3.8, 4) is 5.69 Å². The Labute approximate surface area is 212 Å². The maximum absolute atomic E-state index is 13.4. The molecule has 180 valence electrons. The van der Waals surface area contributed by atoms with Crippen LogP contribution in [-0.2, 0) is 17.4 Å². The number of benzene rings is 3. The molecule has 4 rings (SSSR count). The number of amides is 1. The van der Waals surface area contributed by atoms with E-state index in [1.54, 1.807) is 0 Å². The van der Waals surface area contributed by atoms with Crippen LogP contribution in [0.25, 0.3) is 5.69 Å². The number of aromatic nitrogens is 3. The van der Waals surface area contributed by atoms with Crippen LogP contribution in [0, 0.1) is 6.92 Å². The minimum atomic E-state index is -4.60. The number of nitrogens with one attached hydrogen (secondary N) is 1. The molecule has 0 atom stereocenters. The summed E-state index contributed by atoms with van der Waals surface area (Å²) in [4.78, 5) is 12.6.